The zero-order chi connectivity index (χ0) is 12.8. The number of benzene rings is 1. The maximum atomic E-state index is 6.07. The molecule has 0 bridgehead atoms. The van der Waals surface area contributed by atoms with Crippen molar-refractivity contribution in [2.45, 2.75) is 32.8 Å². The molecule has 1 aliphatic heterocycles. The van der Waals surface area contributed by atoms with Crippen LogP contribution in [0, 0.1) is 0 Å². The van der Waals surface area contributed by atoms with Gasteiger partial charge in [-0.05, 0) is 51.9 Å². The molecule has 0 spiro atoms. The molecular formula is C15H24N2O. The largest absolute Gasteiger partial charge is 0.490 e. The van der Waals surface area contributed by atoms with Crippen LogP contribution in [0.4, 0.5) is 5.69 Å². The average molecular weight is 248 g/mol. The van der Waals surface area contributed by atoms with E-state index in [-0.39, 0.29) is 0 Å². The molecule has 1 N–H and O–H groups in total. The zero-order valence-corrected chi connectivity index (χ0v) is 11.5. The van der Waals surface area contributed by atoms with Crippen LogP contribution < -0.4 is 15.0 Å². The van der Waals surface area contributed by atoms with Crippen LogP contribution >= 0.6 is 0 Å². The molecule has 2 rings (SSSR count). The van der Waals surface area contributed by atoms with Crippen molar-refractivity contribution in [1.82, 2.24) is 5.32 Å². The van der Waals surface area contributed by atoms with Crippen LogP contribution in [0.15, 0.2) is 24.3 Å². The first-order valence-corrected chi connectivity index (χ1v) is 7.06. The van der Waals surface area contributed by atoms with Gasteiger partial charge >= 0.3 is 0 Å². The molecule has 0 atom stereocenters. The molecule has 1 aromatic rings. The smallest absolute Gasteiger partial charge is 0.121 e. The second-order valence-electron chi connectivity index (χ2n) is 4.74. The molecule has 1 heterocycles. The fourth-order valence-electron chi connectivity index (χ4n) is 2.45. The summed E-state index contributed by atoms with van der Waals surface area (Å²) >= 11 is 0. The van der Waals surface area contributed by atoms with Crippen molar-refractivity contribution >= 4 is 5.69 Å². The third-order valence-electron chi connectivity index (χ3n) is 3.54. The first-order chi connectivity index (χ1) is 8.83. The van der Waals surface area contributed by atoms with Gasteiger partial charge in [0.2, 0.25) is 0 Å². The maximum absolute atomic E-state index is 6.07. The van der Waals surface area contributed by atoms with Crippen LogP contribution in [0.2, 0.25) is 0 Å². The van der Waals surface area contributed by atoms with Gasteiger partial charge in [-0.25, -0.2) is 0 Å². The van der Waals surface area contributed by atoms with Crippen LogP contribution in [0.5, 0.6) is 5.75 Å². The van der Waals surface area contributed by atoms with Crippen molar-refractivity contribution in [2.24, 2.45) is 0 Å². The van der Waals surface area contributed by atoms with Crippen molar-refractivity contribution in [3.63, 3.8) is 0 Å². The van der Waals surface area contributed by atoms with Gasteiger partial charge in [-0.1, -0.05) is 6.07 Å². The van der Waals surface area contributed by atoms with Crippen molar-refractivity contribution in [1.29, 1.82) is 0 Å². The Bertz CT molecular complexity index is 357. The van der Waals surface area contributed by atoms with E-state index in [2.05, 4.69) is 48.3 Å². The van der Waals surface area contributed by atoms with Crippen LogP contribution in [0.1, 0.15) is 26.7 Å². The molecule has 0 amide bonds. The van der Waals surface area contributed by atoms with E-state index in [1.807, 2.05) is 0 Å². The summed E-state index contributed by atoms with van der Waals surface area (Å²) < 4.78 is 6.07. The van der Waals surface area contributed by atoms with Gasteiger partial charge in [0.15, 0.2) is 0 Å². The Morgan fingerprint density at radius 1 is 1.22 bits per heavy atom. The van der Waals surface area contributed by atoms with E-state index in [0.29, 0.717) is 6.10 Å². The monoisotopic (exact) mass is 248 g/mol. The summed E-state index contributed by atoms with van der Waals surface area (Å²) in [7, 11) is 0. The van der Waals surface area contributed by atoms with E-state index in [9.17, 15) is 0 Å². The van der Waals surface area contributed by atoms with Gasteiger partial charge in [-0.3, -0.25) is 0 Å². The summed E-state index contributed by atoms with van der Waals surface area (Å²) in [6, 6.07) is 8.47. The van der Waals surface area contributed by atoms with Gasteiger partial charge in [0.1, 0.15) is 11.9 Å². The molecule has 3 nitrogen and oxygen atoms in total. The van der Waals surface area contributed by atoms with Crippen LogP contribution in [-0.4, -0.2) is 32.3 Å². The molecule has 0 aliphatic carbocycles. The van der Waals surface area contributed by atoms with Crippen molar-refractivity contribution < 1.29 is 4.74 Å². The van der Waals surface area contributed by atoms with Crippen molar-refractivity contribution in [3.05, 3.63) is 24.3 Å². The molecule has 1 aliphatic rings. The highest BCUT2D eigenvalue weighted by molar-refractivity contribution is 5.50. The van der Waals surface area contributed by atoms with Gasteiger partial charge in [0.05, 0.1) is 0 Å². The number of ether oxygens (including phenoxy) is 1. The Morgan fingerprint density at radius 3 is 2.61 bits per heavy atom. The van der Waals surface area contributed by atoms with E-state index in [1.165, 1.54) is 5.69 Å². The molecule has 3 heteroatoms. The highest BCUT2D eigenvalue weighted by Crippen LogP contribution is 2.23. The lowest BCUT2D eigenvalue weighted by atomic mass is 10.1. The summed E-state index contributed by atoms with van der Waals surface area (Å²) in [6.07, 6.45) is 2.59. The van der Waals surface area contributed by atoms with E-state index < -0.39 is 0 Å². The van der Waals surface area contributed by atoms with Crippen molar-refractivity contribution in [2.75, 3.05) is 31.1 Å². The Kier molecular flexibility index (Phi) is 4.88. The van der Waals surface area contributed by atoms with Crippen LogP contribution in [0.3, 0.4) is 0 Å². The Balaban J connectivity index is 2.01. The summed E-state index contributed by atoms with van der Waals surface area (Å²) in [5, 5.41) is 3.36. The molecule has 1 aromatic carbocycles. The minimum Gasteiger partial charge on any atom is -0.490 e. The van der Waals surface area contributed by atoms with Gasteiger partial charge in [0.25, 0.3) is 0 Å². The second kappa shape index (κ2) is 6.64. The first-order valence-electron chi connectivity index (χ1n) is 7.06. The number of rotatable bonds is 5. The highest BCUT2D eigenvalue weighted by Gasteiger charge is 2.14. The Hall–Kier alpha value is -1.22. The Labute approximate surface area is 110 Å². The van der Waals surface area contributed by atoms with E-state index in [4.69, 9.17) is 4.74 Å². The molecule has 0 aromatic heterocycles. The normalized spacial score (nSPS) is 16.6. The summed E-state index contributed by atoms with van der Waals surface area (Å²) in [4.78, 5) is 2.34. The molecule has 0 radical (unpaired) electrons. The number of anilines is 1. The van der Waals surface area contributed by atoms with Crippen LogP contribution in [-0.2, 0) is 0 Å². The summed E-state index contributed by atoms with van der Waals surface area (Å²) in [6.45, 7) is 8.58. The third kappa shape index (κ3) is 3.39. The molecule has 1 saturated heterocycles. The summed E-state index contributed by atoms with van der Waals surface area (Å²) in [5.74, 6) is 1.01. The lowest BCUT2D eigenvalue weighted by molar-refractivity contribution is 0.162. The maximum Gasteiger partial charge on any atom is 0.121 e. The number of piperidine rings is 1. The van der Waals surface area contributed by atoms with Crippen LogP contribution in [0.25, 0.3) is 0 Å². The fourth-order valence-corrected chi connectivity index (χ4v) is 2.45. The minimum absolute atomic E-state index is 0.373. The van der Waals surface area contributed by atoms with Gasteiger partial charge in [-0.15, -0.1) is 0 Å². The number of nitrogens with zero attached hydrogens (tertiary/aromatic N) is 1. The topological polar surface area (TPSA) is 24.5 Å². The molecular weight excluding hydrogens is 224 g/mol. The lowest BCUT2D eigenvalue weighted by Gasteiger charge is -2.25. The zero-order valence-electron chi connectivity index (χ0n) is 11.5. The molecule has 18 heavy (non-hydrogen) atoms. The predicted octanol–water partition coefficient (Wildman–Crippen LogP) is 2.66. The average Bonchev–Trinajstić information content (AvgIpc) is 2.42. The van der Waals surface area contributed by atoms with Gasteiger partial charge < -0.3 is 15.0 Å². The standard InChI is InChI=1S/C15H24N2O/c1-3-17(4-2)13-6-5-7-15(12-13)18-14-8-10-16-11-9-14/h5-7,12,14,16H,3-4,8-11H2,1-2H3. The quantitative estimate of drug-likeness (QED) is 0.867. The van der Waals surface area contributed by atoms with Gasteiger partial charge in [-0.2, -0.15) is 0 Å². The third-order valence-corrected chi connectivity index (χ3v) is 3.54. The SMILES string of the molecule is CCN(CC)c1cccc(OC2CCNCC2)c1. The number of hydrogen-bond donors (Lipinski definition) is 1. The molecule has 0 saturated carbocycles. The van der Waals surface area contributed by atoms with E-state index in [0.717, 1.165) is 44.8 Å². The first kappa shape index (κ1) is 13.2. The molecule has 0 unspecified atom stereocenters. The Morgan fingerprint density at radius 2 is 1.94 bits per heavy atom. The predicted molar refractivity (Wildman–Crippen MR) is 76.5 cm³/mol. The lowest BCUT2D eigenvalue weighted by Crippen LogP contribution is -2.34. The number of nitrogens with one attached hydrogen (secondary N) is 1. The second-order valence-corrected chi connectivity index (χ2v) is 4.74. The van der Waals surface area contributed by atoms with E-state index in [1.54, 1.807) is 0 Å². The minimum atomic E-state index is 0.373. The molecule has 100 valence electrons. The summed E-state index contributed by atoms with van der Waals surface area (Å²) in [5.41, 5.74) is 1.26. The van der Waals surface area contributed by atoms with E-state index >= 15 is 0 Å². The van der Waals surface area contributed by atoms with Crippen molar-refractivity contribution in [3.8, 4) is 5.75 Å². The number of hydrogen-bond acceptors (Lipinski definition) is 3. The molecule has 1 fully saturated rings. The fraction of sp³-hybridized carbons (Fsp3) is 0.600. The van der Waals surface area contributed by atoms with Gasteiger partial charge in [0, 0.05) is 24.8 Å². The highest BCUT2D eigenvalue weighted by atomic mass is 16.5.